The Morgan fingerprint density at radius 2 is 1.86 bits per heavy atom. The number of nitrogens with one attached hydrogen (secondary N) is 1. The first kappa shape index (κ1) is 19.2. The molecular formula is C24H26N4O. The van der Waals surface area contributed by atoms with Gasteiger partial charge in [-0.05, 0) is 43.2 Å². The molecule has 1 saturated heterocycles. The van der Waals surface area contributed by atoms with Crippen LogP contribution >= 0.6 is 0 Å². The summed E-state index contributed by atoms with van der Waals surface area (Å²) < 4.78 is 1.81. The number of likely N-dealkylation sites (tertiary alicyclic amines) is 1. The molecule has 29 heavy (non-hydrogen) atoms. The van der Waals surface area contributed by atoms with Crippen molar-refractivity contribution < 1.29 is 4.79 Å². The third-order valence-corrected chi connectivity index (χ3v) is 5.15. The maximum atomic E-state index is 12.4. The Labute approximate surface area is 171 Å². The third kappa shape index (κ3) is 5.42. The predicted octanol–water partition coefficient (Wildman–Crippen LogP) is 3.67. The van der Waals surface area contributed by atoms with Gasteiger partial charge in [-0.3, -0.25) is 9.69 Å². The van der Waals surface area contributed by atoms with E-state index in [1.807, 2.05) is 48.7 Å². The molecule has 1 aliphatic rings. The van der Waals surface area contributed by atoms with Gasteiger partial charge in [0, 0.05) is 37.0 Å². The highest BCUT2D eigenvalue weighted by Crippen LogP contribution is 2.14. The normalized spacial score (nSPS) is 17.4. The fourth-order valence-electron chi connectivity index (χ4n) is 3.72. The number of hydrogen-bond acceptors (Lipinski definition) is 3. The fourth-order valence-corrected chi connectivity index (χ4v) is 3.72. The fraction of sp³-hybridized carbons (Fsp3) is 0.250. The molecule has 1 aromatic heterocycles. The average molecular weight is 386 g/mol. The minimum absolute atomic E-state index is 0.0518. The smallest absolute Gasteiger partial charge is 0.244 e. The summed E-state index contributed by atoms with van der Waals surface area (Å²) in [4.78, 5) is 14.8. The van der Waals surface area contributed by atoms with Crippen molar-refractivity contribution in [1.82, 2.24) is 20.0 Å². The zero-order chi connectivity index (χ0) is 19.9. The Kier molecular flexibility index (Phi) is 6.17. The second-order valence-electron chi connectivity index (χ2n) is 7.46. The van der Waals surface area contributed by atoms with Crippen molar-refractivity contribution in [2.24, 2.45) is 0 Å². The molecule has 0 saturated carbocycles. The lowest BCUT2D eigenvalue weighted by atomic mass is 10.0. The number of amides is 1. The van der Waals surface area contributed by atoms with E-state index in [1.165, 1.54) is 5.56 Å². The standard InChI is InChI=1S/C24H26N4O/c29-24(14-13-21-16-25-28(18-21)23-11-5-2-6-12-23)26-22-10-7-15-27(19-22)17-20-8-3-1-4-9-20/h1-6,8-9,11-14,16,18,22H,7,10,15,17,19H2,(H,26,29). The zero-order valence-corrected chi connectivity index (χ0v) is 16.4. The first-order chi connectivity index (χ1) is 14.3. The third-order valence-electron chi connectivity index (χ3n) is 5.15. The van der Waals surface area contributed by atoms with Crippen molar-refractivity contribution in [3.8, 4) is 5.69 Å². The molecule has 148 valence electrons. The Morgan fingerprint density at radius 1 is 1.10 bits per heavy atom. The molecule has 5 heteroatoms. The number of benzene rings is 2. The van der Waals surface area contributed by atoms with Crippen molar-refractivity contribution >= 4 is 12.0 Å². The molecule has 3 aromatic rings. The minimum Gasteiger partial charge on any atom is -0.349 e. The van der Waals surface area contributed by atoms with Crippen LogP contribution in [0.2, 0.25) is 0 Å². The van der Waals surface area contributed by atoms with E-state index in [1.54, 1.807) is 17.0 Å². The summed E-state index contributed by atoms with van der Waals surface area (Å²) in [6.45, 7) is 2.90. The maximum Gasteiger partial charge on any atom is 0.244 e. The van der Waals surface area contributed by atoms with Gasteiger partial charge in [0.1, 0.15) is 0 Å². The highest BCUT2D eigenvalue weighted by Gasteiger charge is 2.20. The van der Waals surface area contributed by atoms with Crippen LogP contribution in [0.5, 0.6) is 0 Å². The van der Waals surface area contributed by atoms with Crippen molar-refractivity contribution in [2.75, 3.05) is 13.1 Å². The summed E-state index contributed by atoms with van der Waals surface area (Å²) in [6, 6.07) is 20.6. The molecule has 2 aromatic carbocycles. The summed E-state index contributed by atoms with van der Waals surface area (Å²) in [5.74, 6) is -0.0518. The Hall–Kier alpha value is -3.18. The number of para-hydroxylation sites is 1. The van der Waals surface area contributed by atoms with Crippen LogP contribution in [0.1, 0.15) is 24.0 Å². The van der Waals surface area contributed by atoms with Crippen LogP contribution < -0.4 is 5.32 Å². The van der Waals surface area contributed by atoms with Crippen LogP contribution in [0.15, 0.2) is 79.1 Å². The summed E-state index contributed by atoms with van der Waals surface area (Å²) in [6.07, 6.45) is 9.22. The number of aromatic nitrogens is 2. The molecular weight excluding hydrogens is 360 g/mol. The highest BCUT2D eigenvalue weighted by molar-refractivity contribution is 5.91. The molecule has 1 fully saturated rings. The van der Waals surface area contributed by atoms with E-state index in [0.29, 0.717) is 0 Å². The lowest BCUT2D eigenvalue weighted by molar-refractivity contribution is -0.117. The first-order valence-corrected chi connectivity index (χ1v) is 10.1. The predicted molar refractivity (Wildman–Crippen MR) is 115 cm³/mol. The Bertz CT molecular complexity index is 949. The second kappa shape index (κ2) is 9.34. The van der Waals surface area contributed by atoms with Crippen molar-refractivity contribution in [3.05, 3.63) is 90.3 Å². The van der Waals surface area contributed by atoms with Crippen LogP contribution in [0.4, 0.5) is 0 Å². The van der Waals surface area contributed by atoms with Gasteiger partial charge in [0.15, 0.2) is 0 Å². The number of nitrogens with zero attached hydrogens (tertiary/aromatic N) is 3. The van der Waals surface area contributed by atoms with Gasteiger partial charge in [-0.25, -0.2) is 4.68 Å². The number of carbonyl (C=O) groups is 1. The molecule has 4 rings (SSSR count). The molecule has 1 amide bonds. The summed E-state index contributed by atoms with van der Waals surface area (Å²) in [7, 11) is 0. The van der Waals surface area contributed by atoms with Crippen LogP contribution in [-0.4, -0.2) is 39.7 Å². The van der Waals surface area contributed by atoms with Crippen LogP contribution in [-0.2, 0) is 11.3 Å². The van der Waals surface area contributed by atoms with Crippen molar-refractivity contribution in [2.45, 2.75) is 25.4 Å². The molecule has 1 atom stereocenters. The summed E-state index contributed by atoms with van der Waals surface area (Å²) in [5.41, 5.74) is 3.21. The molecule has 1 N–H and O–H groups in total. The lowest BCUT2D eigenvalue weighted by Gasteiger charge is -2.33. The van der Waals surface area contributed by atoms with Crippen LogP contribution in [0, 0.1) is 0 Å². The SMILES string of the molecule is O=C(C=Cc1cnn(-c2ccccc2)c1)NC1CCCN(Cc2ccccc2)C1. The van der Waals surface area contributed by atoms with E-state index >= 15 is 0 Å². The quantitative estimate of drug-likeness (QED) is 0.658. The molecule has 0 spiro atoms. The minimum atomic E-state index is -0.0518. The highest BCUT2D eigenvalue weighted by atomic mass is 16.1. The van der Waals surface area contributed by atoms with Crippen LogP contribution in [0.25, 0.3) is 11.8 Å². The van der Waals surface area contributed by atoms with Gasteiger partial charge >= 0.3 is 0 Å². The van der Waals surface area contributed by atoms with Gasteiger partial charge in [-0.1, -0.05) is 48.5 Å². The summed E-state index contributed by atoms with van der Waals surface area (Å²) in [5, 5.41) is 7.51. The number of piperidine rings is 1. The van der Waals surface area contributed by atoms with E-state index in [0.717, 1.165) is 43.7 Å². The van der Waals surface area contributed by atoms with Crippen LogP contribution in [0.3, 0.4) is 0 Å². The Morgan fingerprint density at radius 3 is 2.66 bits per heavy atom. The average Bonchev–Trinajstić information content (AvgIpc) is 3.23. The van der Waals surface area contributed by atoms with E-state index in [-0.39, 0.29) is 11.9 Å². The van der Waals surface area contributed by atoms with Gasteiger partial charge in [-0.2, -0.15) is 5.10 Å². The largest absolute Gasteiger partial charge is 0.349 e. The molecule has 1 aliphatic heterocycles. The van der Waals surface area contributed by atoms with Gasteiger partial charge in [-0.15, -0.1) is 0 Å². The van der Waals surface area contributed by atoms with E-state index < -0.39 is 0 Å². The number of carbonyl (C=O) groups excluding carboxylic acids is 1. The second-order valence-corrected chi connectivity index (χ2v) is 7.46. The van der Waals surface area contributed by atoms with E-state index in [2.05, 4.69) is 39.6 Å². The van der Waals surface area contributed by atoms with E-state index in [4.69, 9.17) is 0 Å². The number of hydrogen-bond donors (Lipinski definition) is 1. The molecule has 2 heterocycles. The van der Waals surface area contributed by atoms with E-state index in [9.17, 15) is 4.79 Å². The molecule has 5 nitrogen and oxygen atoms in total. The molecule has 0 bridgehead atoms. The monoisotopic (exact) mass is 386 g/mol. The Balaban J connectivity index is 1.29. The molecule has 0 aliphatic carbocycles. The van der Waals surface area contributed by atoms with Crippen molar-refractivity contribution in [1.29, 1.82) is 0 Å². The van der Waals surface area contributed by atoms with Gasteiger partial charge in [0.25, 0.3) is 0 Å². The zero-order valence-electron chi connectivity index (χ0n) is 16.4. The first-order valence-electron chi connectivity index (χ1n) is 10.1. The van der Waals surface area contributed by atoms with Gasteiger partial charge < -0.3 is 5.32 Å². The molecule has 0 radical (unpaired) electrons. The topological polar surface area (TPSA) is 50.2 Å². The van der Waals surface area contributed by atoms with Gasteiger partial charge in [0.2, 0.25) is 5.91 Å². The lowest BCUT2D eigenvalue weighted by Crippen LogP contribution is -2.46. The van der Waals surface area contributed by atoms with Gasteiger partial charge in [0.05, 0.1) is 11.9 Å². The number of rotatable bonds is 6. The summed E-state index contributed by atoms with van der Waals surface area (Å²) >= 11 is 0. The molecule has 1 unspecified atom stereocenters. The van der Waals surface area contributed by atoms with Crippen molar-refractivity contribution in [3.63, 3.8) is 0 Å². The maximum absolute atomic E-state index is 12.4.